The van der Waals surface area contributed by atoms with Gasteiger partial charge in [-0.05, 0) is 24.1 Å². The van der Waals surface area contributed by atoms with E-state index in [2.05, 4.69) is 29.8 Å². The predicted molar refractivity (Wildman–Crippen MR) is 56.1 cm³/mol. The molecule has 0 radical (unpaired) electrons. The molecule has 0 saturated carbocycles. The average molecular weight is 245 g/mol. The standard InChI is InChI=1S/C10H13BrO2/c1-7(2)6-13-10-5-8(11)3-4-9(10)12/h3-5,7,12H,6H2,1-2H3. The Bertz CT molecular complexity index is 284. The quantitative estimate of drug-likeness (QED) is 0.886. The van der Waals surface area contributed by atoms with Crippen LogP contribution in [0.5, 0.6) is 11.5 Å². The summed E-state index contributed by atoms with van der Waals surface area (Å²) >= 11 is 3.31. The molecule has 13 heavy (non-hydrogen) atoms. The van der Waals surface area contributed by atoms with Gasteiger partial charge in [-0.1, -0.05) is 29.8 Å². The Balaban J connectivity index is 2.70. The van der Waals surface area contributed by atoms with Crippen molar-refractivity contribution >= 4 is 15.9 Å². The number of halogens is 1. The molecule has 0 amide bonds. The van der Waals surface area contributed by atoms with E-state index in [-0.39, 0.29) is 5.75 Å². The fraction of sp³-hybridized carbons (Fsp3) is 0.400. The lowest BCUT2D eigenvalue weighted by atomic mass is 10.2. The highest BCUT2D eigenvalue weighted by Gasteiger charge is 2.03. The van der Waals surface area contributed by atoms with Crippen LogP contribution in [0.2, 0.25) is 0 Å². The first kappa shape index (κ1) is 10.4. The summed E-state index contributed by atoms with van der Waals surface area (Å²) in [5.74, 6) is 1.17. The van der Waals surface area contributed by atoms with Gasteiger partial charge in [-0.3, -0.25) is 0 Å². The largest absolute Gasteiger partial charge is 0.504 e. The number of phenols is 1. The van der Waals surface area contributed by atoms with E-state index in [9.17, 15) is 5.11 Å². The highest BCUT2D eigenvalue weighted by Crippen LogP contribution is 2.29. The molecule has 1 aromatic carbocycles. The molecule has 1 N–H and O–H groups in total. The van der Waals surface area contributed by atoms with Crippen LogP contribution in [0.3, 0.4) is 0 Å². The predicted octanol–water partition coefficient (Wildman–Crippen LogP) is 3.19. The molecule has 0 spiro atoms. The van der Waals surface area contributed by atoms with E-state index in [4.69, 9.17) is 4.74 Å². The molecule has 0 aliphatic carbocycles. The summed E-state index contributed by atoms with van der Waals surface area (Å²) in [5, 5.41) is 9.40. The number of hydrogen-bond acceptors (Lipinski definition) is 2. The Labute approximate surface area is 86.7 Å². The van der Waals surface area contributed by atoms with Crippen molar-refractivity contribution in [3.8, 4) is 11.5 Å². The zero-order valence-corrected chi connectivity index (χ0v) is 9.34. The lowest BCUT2D eigenvalue weighted by Gasteiger charge is -2.10. The summed E-state index contributed by atoms with van der Waals surface area (Å²) in [4.78, 5) is 0. The smallest absolute Gasteiger partial charge is 0.162 e. The van der Waals surface area contributed by atoms with Crippen LogP contribution in [-0.4, -0.2) is 11.7 Å². The summed E-state index contributed by atoms with van der Waals surface area (Å²) in [7, 11) is 0. The van der Waals surface area contributed by atoms with E-state index in [0.717, 1.165) is 4.47 Å². The van der Waals surface area contributed by atoms with Crippen LogP contribution in [0.4, 0.5) is 0 Å². The van der Waals surface area contributed by atoms with E-state index in [1.807, 2.05) is 0 Å². The number of aromatic hydroxyl groups is 1. The van der Waals surface area contributed by atoms with Crippen LogP contribution >= 0.6 is 15.9 Å². The van der Waals surface area contributed by atoms with Crippen molar-refractivity contribution in [2.75, 3.05) is 6.61 Å². The van der Waals surface area contributed by atoms with E-state index >= 15 is 0 Å². The van der Waals surface area contributed by atoms with Gasteiger partial charge in [0.05, 0.1) is 6.61 Å². The SMILES string of the molecule is CC(C)COc1cc(Br)ccc1O. The van der Waals surface area contributed by atoms with Crippen LogP contribution in [0.1, 0.15) is 13.8 Å². The number of benzene rings is 1. The van der Waals surface area contributed by atoms with E-state index in [1.54, 1.807) is 18.2 Å². The molecule has 0 aromatic heterocycles. The molecule has 0 unspecified atom stereocenters. The third kappa shape index (κ3) is 3.27. The van der Waals surface area contributed by atoms with E-state index in [1.165, 1.54) is 0 Å². The first-order valence-corrected chi connectivity index (χ1v) is 5.00. The Morgan fingerprint density at radius 3 is 2.77 bits per heavy atom. The zero-order chi connectivity index (χ0) is 9.84. The lowest BCUT2D eigenvalue weighted by Crippen LogP contribution is -2.04. The molecule has 0 bridgehead atoms. The number of ether oxygens (including phenoxy) is 1. The Kier molecular flexibility index (Phi) is 3.60. The van der Waals surface area contributed by atoms with Gasteiger partial charge in [0, 0.05) is 4.47 Å². The molecule has 3 heteroatoms. The zero-order valence-electron chi connectivity index (χ0n) is 7.75. The van der Waals surface area contributed by atoms with E-state index < -0.39 is 0 Å². The third-order valence-electron chi connectivity index (χ3n) is 1.49. The molecule has 72 valence electrons. The highest BCUT2D eigenvalue weighted by molar-refractivity contribution is 9.10. The Hall–Kier alpha value is -0.700. The van der Waals surface area contributed by atoms with Crippen molar-refractivity contribution in [2.45, 2.75) is 13.8 Å². The first-order chi connectivity index (χ1) is 6.09. The number of hydrogen-bond donors (Lipinski definition) is 1. The van der Waals surface area contributed by atoms with Crippen LogP contribution in [0, 0.1) is 5.92 Å². The van der Waals surface area contributed by atoms with Gasteiger partial charge in [-0.2, -0.15) is 0 Å². The molecule has 0 atom stereocenters. The lowest BCUT2D eigenvalue weighted by molar-refractivity contribution is 0.259. The fourth-order valence-corrected chi connectivity index (χ4v) is 1.20. The normalized spacial score (nSPS) is 10.5. The van der Waals surface area contributed by atoms with Gasteiger partial charge in [0.1, 0.15) is 0 Å². The van der Waals surface area contributed by atoms with Crippen molar-refractivity contribution in [3.05, 3.63) is 22.7 Å². The highest BCUT2D eigenvalue weighted by atomic mass is 79.9. The van der Waals surface area contributed by atoms with Crippen molar-refractivity contribution in [3.63, 3.8) is 0 Å². The summed E-state index contributed by atoms with van der Waals surface area (Å²) in [6.45, 7) is 4.74. The fourth-order valence-electron chi connectivity index (χ4n) is 0.860. The first-order valence-electron chi connectivity index (χ1n) is 4.21. The van der Waals surface area contributed by atoms with Crippen LogP contribution in [-0.2, 0) is 0 Å². The van der Waals surface area contributed by atoms with Gasteiger partial charge < -0.3 is 9.84 Å². The molecule has 0 aliphatic heterocycles. The van der Waals surface area contributed by atoms with Gasteiger partial charge >= 0.3 is 0 Å². The Morgan fingerprint density at radius 2 is 2.15 bits per heavy atom. The summed E-state index contributed by atoms with van der Waals surface area (Å²) in [5.41, 5.74) is 0. The molecule has 2 nitrogen and oxygen atoms in total. The van der Waals surface area contributed by atoms with Gasteiger partial charge in [-0.15, -0.1) is 0 Å². The molecule has 0 saturated heterocycles. The van der Waals surface area contributed by atoms with Crippen LogP contribution < -0.4 is 4.74 Å². The molecular weight excluding hydrogens is 232 g/mol. The summed E-state index contributed by atoms with van der Waals surface area (Å²) in [6, 6.07) is 5.15. The van der Waals surface area contributed by atoms with Gasteiger partial charge in [0.25, 0.3) is 0 Å². The minimum absolute atomic E-state index is 0.184. The minimum Gasteiger partial charge on any atom is -0.504 e. The maximum absolute atomic E-state index is 9.40. The minimum atomic E-state index is 0.184. The monoisotopic (exact) mass is 244 g/mol. The average Bonchev–Trinajstić information content (AvgIpc) is 2.06. The van der Waals surface area contributed by atoms with E-state index in [0.29, 0.717) is 18.3 Å². The molecule has 0 aliphatic rings. The van der Waals surface area contributed by atoms with Crippen LogP contribution in [0.25, 0.3) is 0 Å². The van der Waals surface area contributed by atoms with Crippen LogP contribution in [0.15, 0.2) is 22.7 Å². The number of phenolic OH excluding ortho intramolecular Hbond substituents is 1. The second kappa shape index (κ2) is 4.51. The number of rotatable bonds is 3. The molecular formula is C10H13BrO2. The summed E-state index contributed by atoms with van der Waals surface area (Å²) < 4.78 is 6.31. The van der Waals surface area contributed by atoms with Crippen molar-refractivity contribution in [2.24, 2.45) is 5.92 Å². The van der Waals surface area contributed by atoms with Gasteiger partial charge in [0.15, 0.2) is 11.5 Å². The van der Waals surface area contributed by atoms with Gasteiger partial charge in [-0.25, -0.2) is 0 Å². The molecule has 1 rings (SSSR count). The molecule has 0 heterocycles. The Morgan fingerprint density at radius 1 is 1.46 bits per heavy atom. The van der Waals surface area contributed by atoms with Crippen molar-refractivity contribution < 1.29 is 9.84 Å². The van der Waals surface area contributed by atoms with Gasteiger partial charge in [0.2, 0.25) is 0 Å². The third-order valence-corrected chi connectivity index (χ3v) is 1.99. The maximum Gasteiger partial charge on any atom is 0.162 e. The van der Waals surface area contributed by atoms with Crippen molar-refractivity contribution in [1.29, 1.82) is 0 Å². The maximum atomic E-state index is 9.40. The summed E-state index contributed by atoms with van der Waals surface area (Å²) in [6.07, 6.45) is 0. The molecule has 1 aromatic rings. The second-order valence-corrected chi connectivity index (χ2v) is 4.23. The second-order valence-electron chi connectivity index (χ2n) is 3.32. The van der Waals surface area contributed by atoms with Crippen molar-refractivity contribution in [1.82, 2.24) is 0 Å². The topological polar surface area (TPSA) is 29.5 Å². The molecule has 0 fully saturated rings.